The number of likely N-dealkylation sites (tertiary alicyclic amines) is 1. The molecule has 4 heteroatoms. The number of benzene rings is 1. The van der Waals surface area contributed by atoms with Gasteiger partial charge in [0.15, 0.2) is 11.5 Å². The number of ether oxygens (including phenoxy) is 2. The molecule has 2 unspecified atom stereocenters. The molecule has 2 aliphatic heterocycles. The smallest absolute Gasteiger partial charge is 0.211 e. The van der Waals surface area contributed by atoms with Gasteiger partial charge in [-0.15, -0.1) is 0 Å². The van der Waals surface area contributed by atoms with Crippen LogP contribution in [0.25, 0.3) is 0 Å². The molecule has 1 saturated heterocycles. The molecule has 0 saturated carbocycles. The van der Waals surface area contributed by atoms with Crippen molar-refractivity contribution >= 4 is 0 Å². The Balaban J connectivity index is 1.77. The highest BCUT2D eigenvalue weighted by Crippen LogP contribution is 2.62. The van der Waals surface area contributed by atoms with Crippen molar-refractivity contribution in [3.05, 3.63) is 35.4 Å². The van der Waals surface area contributed by atoms with Gasteiger partial charge >= 0.3 is 0 Å². The Morgan fingerprint density at radius 3 is 3.32 bits per heavy atom. The fourth-order valence-corrected chi connectivity index (χ4v) is 5.05. The summed E-state index contributed by atoms with van der Waals surface area (Å²) in [6.45, 7) is -1.79. The second-order valence-corrected chi connectivity index (χ2v) is 6.67. The molecule has 1 fully saturated rings. The van der Waals surface area contributed by atoms with Crippen LogP contribution in [0, 0.1) is 5.92 Å². The molecule has 5 atom stereocenters. The minimum atomic E-state index is -2.18. The summed E-state index contributed by atoms with van der Waals surface area (Å²) in [6.07, 6.45) is 2.18. The fraction of sp³-hybridized carbons (Fsp3) is 0.556. The third-order valence-electron chi connectivity index (χ3n) is 5.93. The Kier molecular flexibility index (Phi) is 1.65. The number of methoxy groups -OCH3 is 1. The van der Waals surface area contributed by atoms with Crippen molar-refractivity contribution in [3.63, 3.8) is 0 Å². The Bertz CT molecular complexity index is 843. The summed E-state index contributed by atoms with van der Waals surface area (Å²) >= 11 is 0. The van der Waals surface area contributed by atoms with Gasteiger partial charge in [-0.1, -0.05) is 18.2 Å². The van der Waals surface area contributed by atoms with Crippen molar-refractivity contribution in [2.45, 2.75) is 36.5 Å². The number of nitrogens with zero attached hydrogens (tertiary/aromatic N) is 1. The van der Waals surface area contributed by atoms with Crippen LogP contribution in [0.15, 0.2) is 24.3 Å². The Morgan fingerprint density at radius 1 is 1.55 bits per heavy atom. The molecule has 1 aromatic rings. The normalized spacial score (nSPS) is 48.2. The molecule has 2 aliphatic carbocycles. The Labute approximate surface area is 137 Å². The first-order valence-electron chi connectivity index (χ1n) is 10.1. The van der Waals surface area contributed by atoms with Gasteiger partial charge < -0.3 is 19.5 Å². The lowest BCUT2D eigenvalue weighted by atomic mass is 9.53. The summed E-state index contributed by atoms with van der Waals surface area (Å²) in [5, 5.41) is 4.83. The molecule has 2 bridgehead atoms. The maximum absolute atomic E-state index is 8.69. The molecule has 4 nitrogen and oxygen atoms in total. The van der Waals surface area contributed by atoms with Crippen LogP contribution in [0.5, 0.6) is 11.5 Å². The highest BCUT2D eigenvalue weighted by Gasteiger charge is 2.64. The van der Waals surface area contributed by atoms with E-state index in [0.29, 0.717) is 30.9 Å². The van der Waals surface area contributed by atoms with E-state index in [0.717, 1.165) is 11.1 Å². The third kappa shape index (κ3) is 1.28. The monoisotopic (exact) mass is 304 g/mol. The van der Waals surface area contributed by atoms with E-state index >= 15 is 0 Å². The van der Waals surface area contributed by atoms with E-state index < -0.39 is 24.6 Å². The van der Waals surface area contributed by atoms with Gasteiger partial charge in [-0.25, -0.2) is 0 Å². The largest absolute Gasteiger partial charge is 0.493 e. The lowest BCUT2D eigenvalue weighted by Crippen LogP contribution is -2.64. The number of hydrogen-bond donors (Lipinski definition) is 1. The molecule has 0 aromatic heterocycles. The average molecular weight is 304 g/mol. The van der Waals surface area contributed by atoms with E-state index in [1.165, 1.54) is 0 Å². The van der Waals surface area contributed by atoms with Crippen LogP contribution in [0.2, 0.25) is 0 Å². The minimum Gasteiger partial charge on any atom is -0.493 e. The first kappa shape index (κ1) is 8.94. The van der Waals surface area contributed by atoms with Crippen LogP contribution in [-0.2, 0) is 11.8 Å². The van der Waals surface area contributed by atoms with Crippen molar-refractivity contribution in [3.8, 4) is 11.5 Å². The molecule has 4 aliphatic rings. The summed E-state index contributed by atoms with van der Waals surface area (Å²) < 4.78 is 51.9. The summed E-state index contributed by atoms with van der Waals surface area (Å²) in [4.78, 5) is 1.61. The Morgan fingerprint density at radius 2 is 2.50 bits per heavy atom. The number of aliphatic hydroxyl groups is 1. The van der Waals surface area contributed by atoms with E-state index in [1.807, 2.05) is 18.2 Å². The van der Waals surface area contributed by atoms with Crippen molar-refractivity contribution in [1.29, 1.82) is 1.43 Å². The summed E-state index contributed by atoms with van der Waals surface area (Å²) in [6, 6.07) is 3.59. The zero-order valence-corrected chi connectivity index (χ0v) is 12.3. The summed E-state index contributed by atoms with van der Waals surface area (Å²) in [5.74, 6) is 1.09. The minimum absolute atomic E-state index is 0.119. The molecule has 116 valence electrons. The highest BCUT2D eigenvalue weighted by atomic mass is 16.5. The van der Waals surface area contributed by atoms with Gasteiger partial charge in [0, 0.05) is 27.1 Å². The van der Waals surface area contributed by atoms with Crippen LogP contribution in [0.1, 0.15) is 23.0 Å². The zero-order valence-electron chi connectivity index (χ0n) is 17.3. The van der Waals surface area contributed by atoms with Gasteiger partial charge in [0.2, 0.25) is 1.43 Å². The molecule has 0 radical (unpaired) electrons. The molecule has 0 amide bonds. The van der Waals surface area contributed by atoms with Crippen LogP contribution in [0.3, 0.4) is 0 Å². The van der Waals surface area contributed by atoms with E-state index in [2.05, 4.69) is 0 Å². The molecule has 1 spiro atoms. The molecular weight excluding hydrogens is 278 g/mol. The maximum Gasteiger partial charge on any atom is 0.211 e. The topological polar surface area (TPSA) is 41.9 Å². The fourth-order valence-electron chi connectivity index (χ4n) is 5.05. The van der Waals surface area contributed by atoms with E-state index in [4.69, 9.17) is 21.5 Å². The lowest BCUT2D eigenvalue weighted by molar-refractivity contribution is -0.0453. The maximum atomic E-state index is 8.69. The van der Waals surface area contributed by atoms with E-state index in [-0.39, 0.29) is 12.0 Å². The first-order valence-corrected chi connectivity index (χ1v) is 7.74. The third-order valence-corrected chi connectivity index (χ3v) is 5.93. The predicted molar refractivity (Wildman–Crippen MR) is 82.5 cm³/mol. The number of hydrogen-bond acceptors (Lipinski definition) is 4. The van der Waals surface area contributed by atoms with Crippen LogP contribution in [0.4, 0.5) is 0 Å². The molecular formula is C18H21NO3. The van der Waals surface area contributed by atoms with Crippen LogP contribution < -0.4 is 9.47 Å². The van der Waals surface area contributed by atoms with E-state index in [1.54, 1.807) is 18.1 Å². The van der Waals surface area contributed by atoms with Gasteiger partial charge in [0.25, 0.3) is 0 Å². The van der Waals surface area contributed by atoms with Crippen LogP contribution >= 0.6 is 0 Å². The van der Waals surface area contributed by atoms with Crippen LogP contribution in [-0.4, -0.2) is 50.3 Å². The van der Waals surface area contributed by atoms with Crippen molar-refractivity contribution in [2.75, 3.05) is 20.6 Å². The zero-order chi connectivity index (χ0) is 19.2. The molecule has 5 rings (SSSR count). The number of likely N-dealkylation sites (N-methyl/N-ethyl adjacent to an activating group) is 1. The quantitative estimate of drug-likeness (QED) is 0.841. The average Bonchev–Trinajstić information content (AvgIpc) is 2.97. The molecule has 2 heterocycles. The van der Waals surface area contributed by atoms with Gasteiger partial charge in [-0.2, -0.15) is 0 Å². The Hall–Kier alpha value is -1.52. The number of rotatable bonds is 2. The summed E-state index contributed by atoms with van der Waals surface area (Å²) in [7, 11) is 1.58. The summed E-state index contributed by atoms with van der Waals surface area (Å²) in [5.41, 5.74) is 1.46. The van der Waals surface area contributed by atoms with Gasteiger partial charge in [0.1, 0.15) is 12.2 Å². The van der Waals surface area contributed by atoms with Gasteiger partial charge in [0.05, 0.1) is 8.48 Å². The molecule has 1 N–H and O–H groups in total. The van der Waals surface area contributed by atoms with Crippen molar-refractivity contribution < 1.29 is 20.1 Å². The lowest BCUT2D eigenvalue weighted by Gasteiger charge is -2.56. The van der Waals surface area contributed by atoms with E-state index in [9.17, 15) is 0 Å². The molecule has 22 heavy (non-hydrogen) atoms. The van der Waals surface area contributed by atoms with Crippen molar-refractivity contribution in [2.24, 2.45) is 5.92 Å². The SMILES string of the molecule is [2H]OC1([2H])C=C[C@H]2[C@H]3Cc4ccc(OC)c5c4[C@@]2(CCN3C([2H])([2H])[2H])C1O5. The second-order valence-electron chi connectivity index (χ2n) is 6.67. The highest BCUT2D eigenvalue weighted by molar-refractivity contribution is 5.62. The predicted octanol–water partition coefficient (Wildman–Crippen LogP) is 1.50. The standard InChI is InChI=1S/C18H21NO3/c1-19-8-7-18-11-4-5-13(20)17(18)22-16-14(21-2)6-3-10(15(16)18)9-12(11)19/h3-6,11-13,17,20H,7-9H2,1-2H3/t11-,12+,13?,17?,18-/m0/s1/i1D3,13D,20D. The molecule has 1 aromatic carbocycles. The van der Waals surface area contributed by atoms with Crippen molar-refractivity contribution in [1.82, 2.24) is 4.90 Å². The van der Waals surface area contributed by atoms with Gasteiger partial charge in [-0.3, -0.25) is 0 Å². The number of piperidine rings is 1. The first-order chi connectivity index (χ1) is 12.8. The van der Waals surface area contributed by atoms with Gasteiger partial charge in [-0.05, 0) is 38.0 Å². The second kappa shape index (κ2) is 4.06.